The molecule has 0 saturated heterocycles. The number of thiophene rings is 1. The second-order valence-electron chi connectivity index (χ2n) is 6.68. The summed E-state index contributed by atoms with van der Waals surface area (Å²) in [6.07, 6.45) is 2.80. The average molecular weight is 491 g/mol. The Kier molecular flexibility index (Phi) is 6.68. The highest BCUT2D eigenvalue weighted by Gasteiger charge is 2.44. The molecule has 2 amide bonds. The van der Waals surface area contributed by atoms with Gasteiger partial charge in [0.05, 0.1) is 14.7 Å². The van der Waals surface area contributed by atoms with E-state index in [0.29, 0.717) is 24.1 Å². The summed E-state index contributed by atoms with van der Waals surface area (Å²) in [5.41, 5.74) is 0.0665. The second-order valence-corrected chi connectivity index (χ2v) is 9.81. The van der Waals surface area contributed by atoms with E-state index in [1.54, 1.807) is 0 Å². The molecule has 1 aromatic heterocycles. The number of nitrogens with one attached hydrogen (secondary N) is 2. The van der Waals surface area contributed by atoms with Crippen molar-refractivity contribution in [2.24, 2.45) is 5.41 Å². The summed E-state index contributed by atoms with van der Waals surface area (Å²) in [5.74, 6) is -0.304. The van der Waals surface area contributed by atoms with Crippen molar-refractivity contribution in [1.82, 2.24) is 10.6 Å². The van der Waals surface area contributed by atoms with Gasteiger partial charge in [-0.05, 0) is 83.9 Å². The van der Waals surface area contributed by atoms with Crippen molar-refractivity contribution in [3.63, 3.8) is 0 Å². The first kappa shape index (κ1) is 20.4. The van der Waals surface area contributed by atoms with Gasteiger partial charge in [0.2, 0.25) is 5.91 Å². The van der Waals surface area contributed by atoms with Crippen molar-refractivity contribution in [2.75, 3.05) is 0 Å². The molecule has 0 aromatic carbocycles. The van der Waals surface area contributed by atoms with Crippen molar-refractivity contribution >= 4 is 55.0 Å². The number of rotatable bonds is 6. The molecule has 2 atom stereocenters. The molecule has 1 aliphatic rings. The molecule has 8 heteroatoms. The first-order valence-corrected chi connectivity index (χ1v) is 10.6. The maximum Gasteiger partial charge on any atom is 0.261 e. The molecule has 5 nitrogen and oxygen atoms in total. The van der Waals surface area contributed by atoms with E-state index in [1.807, 2.05) is 20.8 Å². The molecule has 1 heterocycles. The highest BCUT2D eigenvalue weighted by atomic mass is 79.9. The summed E-state index contributed by atoms with van der Waals surface area (Å²) in [5, 5.41) is 15.1. The van der Waals surface area contributed by atoms with Crippen molar-refractivity contribution < 1.29 is 9.59 Å². The Balaban J connectivity index is 1.88. The first-order chi connectivity index (χ1) is 11.7. The molecule has 0 spiro atoms. The minimum absolute atomic E-state index is 0.0960. The van der Waals surface area contributed by atoms with E-state index in [1.165, 1.54) is 11.3 Å². The van der Waals surface area contributed by atoms with Crippen molar-refractivity contribution in [3.8, 4) is 6.07 Å². The molecule has 2 N–H and O–H groups in total. The molecule has 0 bridgehead atoms. The van der Waals surface area contributed by atoms with Gasteiger partial charge < -0.3 is 10.6 Å². The molecule has 2 rings (SSSR count). The Hall–Kier alpha value is -0.910. The number of amides is 2. The van der Waals surface area contributed by atoms with E-state index in [4.69, 9.17) is 0 Å². The normalized spacial score (nSPS) is 17.8. The van der Waals surface area contributed by atoms with Crippen LogP contribution in [-0.4, -0.2) is 23.9 Å². The lowest BCUT2D eigenvalue weighted by molar-refractivity contribution is -0.132. The molecule has 136 valence electrons. The lowest BCUT2D eigenvalue weighted by Crippen LogP contribution is -2.49. The van der Waals surface area contributed by atoms with E-state index in [0.717, 1.165) is 20.2 Å². The zero-order chi connectivity index (χ0) is 18.8. The summed E-state index contributed by atoms with van der Waals surface area (Å²) in [6.45, 7) is 5.71. The summed E-state index contributed by atoms with van der Waals surface area (Å²) in [7, 11) is 0. The van der Waals surface area contributed by atoms with Crippen LogP contribution < -0.4 is 10.6 Å². The monoisotopic (exact) mass is 489 g/mol. The van der Waals surface area contributed by atoms with Crippen LogP contribution in [0.3, 0.4) is 0 Å². The maximum atomic E-state index is 12.4. The summed E-state index contributed by atoms with van der Waals surface area (Å²) >= 11 is 8.26. The van der Waals surface area contributed by atoms with Crippen LogP contribution in [0.2, 0.25) is 0 Å². The molecular weight excluding hydrogens is 470 g/mol. The van der Waals surface area contributed by atoms with Gasteiger partial charge in [0.25, 0.3) is 5.91 Å². The van der Waals surface area contributed by atoms with Gasteiger partial charge in [-0.2, -0.15) is 5.26 Å². The third kappa shape index (κ3) is 4.44. The van der Waals surface area contributed by atoms with Crippen LogP contribution in [0.15, 0.2) is 8.26 Å². The van der Waals surface area contributed by atoms with Gasteiger partial charge in [0.1, 0.15) is 5.41 Å². The Morgan fingerprint density at radius 2 is 1.88 bits per heavy atom. The predicted molar refractivity (Wildman–Crippen MR) is 106 cm³/mol. The third-order valence-corrected chi connectivity index (χ3v) is 8.31. The Morgan fingerprint density at radius 1 is 1.28 bits per heavy atom. The number of hydrogen-bond donors (Lipinski definition) is 2. The van der Waals surface area contributed by atoms with Crippen LogP contribution in [-0.2, 0) is 4.79 Å². The van der Waals surface area contributed by atoms with Crippen LogP contribution in [0.5, 0.6) is 0 Å². The van der Waals surface area contributed by atoms with Gasteiger partial charge in [0, 0.05) is 16.6 Å². The number of carbonyl (C=O) groups excluding carboxylic acids is 2. The van der Waals surface area contributed by atoms with E-state index >= 15 is 0 Å². The zero-order valence-corrected chi connectivity index (χ0v) is 18.4. The first-order valence-electron chi connectivity index (χ1n) is 8.17. The number of nitriles is 1. The number of hydrogen-bond acceptors (Lipinski definition) is 4. The molecule has 0 radical (unpaired) electrons. The SMILES string of the molecule is Cc1c(C(=O)NC(C)CC(C)NC(=O)C2(C#N)CCC2)sc(Br)c1Br. The van der Waals surface area contributed by atoms with E-state index < -0.39 is 5.41 Å². The van der Waals surface area contributed by atoms with Crippen LogP contribution in [0.25, 0.3) is 0 Å². The molecule has 25 heavy (non-hydrogen) atoms. The van der Waals surface area contributed by atoms with Gasteiger partial charge in [-0.25, -0.2) is 0 Å². The summed E-state index contributed by atoms with van der Waals surface area (Å²) in [4.78, 5) is 25.4. The minimum Gasteiger partial charge on any atom is -0.352 e. The summed E-state index contributed by atoms with van der Waals surface area (Å²) in [6, 6.07) is 1.94. The quantitative estimate of drug-likeness (QED) is 0.623. The minimum atomic E-state index is -0.840. The van der Waals surface area contributed by atoms with Crippen molar-refractivity contribution in [3.05, 3.63) is 18.7 Å². The van der Waals surface area contributed by atoms with Gasteiger partial charge in [-0.15, -0.1) is 11.3 Å². The molecule has 1 aromatic rings. The topological polar surface area (TPSA) is 82.0 Å². The fourth-order valence-electron chi connectivity index (χ4n) is 2.89. The predicted octanol–water partition coefficient (Wildman–Crippen LogP) is 4.29. The van der Waals surface area contributed by atoms with Crippen LogP contribution in [0, 0.1) is 23.7 Å². The lowest BCUT2D eigenvalue weighted by Gasteiger charge is -2.34. The summed E-state index contributed by atoms with van der Waals surface area (Å²) < 4.78 is 1.80. The molecule has 0 aliphatic heterocycles. The lowest BCUT2D eigenvalue weighted by atomic mass is 9.69. The van der Waals surface area contributed by atoms with Crippen LogP contribution >= 0.6 is 43.2 Å². The number of carbonyl (C=O) groups is 2. The van der Waals surface area contributed by atoms with Gasteiger partial charge >= 0.3 is 0 Å². The number of nitrogens with zero attached hydrogens (tertiary/aromatic N) is 1. The highest BCUT2D eigenvalue weighted by molar-refractivity contribution is 9.13. The van der Waals surface area contributed by atoms with Gasteiger partial charge in [-0.3, -0.25) is 9.59 Å². The maximum absolute atomic E-state index is 12.4. The smallest absolute Gasteiger partial charge is 0.261 e. The van der Waals surface area contributed by atoms with Gasteiger partial charge in [0.15, 0.2) is 0 Å². The van der Waals surface area contributed by atoms with Crippen molar-refractivity contribution in [1.29, 1.82) is 5.26 Å². The molecular formula is C17H21Br2N3O2S. The molecule has 1 aliphatic carbocycles. The van der Waals surface area contributed by atoms with Crippen molar-refractivity contribution in [2.45, 2.75) is 58.5 Å². The Labute approximate surface area is 168 Å². The average Bonchev–Trinajstić information content (AvgIpc) is 2.74. The fraction of sp³-hybridized carbons (Fsp3) is 0.588. The zero-order valence-electron chi connectivity index (χ0n) is 14.4. The Bertz CT molecular complexity index is 722. The second kappa shape index (κ2) is 8.19. The highest BCUT2D eigenvalue weighted by Crippen LogP contribution is 2.40. The number of halogens is 2. The van der Waals surface area contributed by atoms with Crippen LogP contribution in [0.1, 0.15) is 54.8 Å². The van der Waals surface area contributed by atoms with E-state index in [-0.39, 0.29) is 23.9 Å². The largest absolute Gasteiger partial charge is 0.352 e. The van der Waals surface area contributed by atoms with Gasteiger partial charge in [-0.1, -0.05) is 0 Å². The molecule has 1 saturated carbocycles. The standard InChI is InChI=1S/C17H21Br2N3O2S/c1-9(21-15(23)13-11(3)12(18)14(19)25-13)7-10(2)22-16(24)17(8-20)5-4-6-17/h9-10H,4-7H2,1-3H3,(H,21,23)(H,22,24). The van der Waals surface area contributed by atoms with Crippen LogP contribution in [0.4, 0.5) is 0 Å². The fourth-order valence-corrected chi connectivity index (χ4v) is 5.08. The molecule has 1 fully saturated rings. The third-order valence-electron chi connectivity index (χ3n) is 4.56. The van der Waals surface area contributed by atoms with E-state index in [9.17, 15) is 14.9 Å². The molecule has 2 unspecified atom stereocenters. The van der Waals surface area contributed by atoms with E-state index in [2.05, 4.69) is 48.6 Å². The Morgan fingerprint density at radius 3 is 2.32 bits per heavy atom.